The van der Waals surface area contributed by atoms with Crippen molar-refractivity contribution in [2.24, 2.45) is 0 Å². The first kappa shape index (κ1) is 22.2. The molecule has 1 radical (unpaired) electrons. The zero-order chi connectivity index (χ0) is 38.8. The van der Waals surface area contributed by atoms with E-state index in [0.717, 1.165) is 17.5 Å². The Hall–Kier alpha value is -4.42. The normalized spacial score (nSPS) is 15.2. The van der Waals surface area contributed by atoms with Crippen LogP contribution in [0.4, 0.5) is 0 Å². The van der Waals surface area contributed by atoms with Crippen molar-refractivity contribution in [3.8, 4) is 22.5 Å². The maximum Gasteiger partial charge on any atom is 0.160 e. The minimum absolute atomic E-state index is 0. The summed E-state index contributed by atoms with van der Waals surface area (Å²) in [5.74, 6) is 0. The second kappa shape index (κ2) is 12.4. The van der Waals surface area contributed by atoms with E-state index in [9.17, 15) is 0 Å². The van der Waals surface area contributed by atoms with E-state index in [2.05, 4.69) is 58.9 Å². The van der Waals surface area contributed by atoms with Crippen molar-refractivity contribution >= 4 is 57.3 Å². The van der Waals surface area contributed by atoms with Gasteiger partial charge in [-0.3, -0.25) is 0 Å². The molecule has 5 heterocycles. The molecule has 5 aromatic heterocycles. The van der Waals surface area contributed by atoms with Crippen LogP contribution < -0.4 is 5.19 Å². The second-order valence-electron chi connectivity index (χ2n) is 11.7. The standard InChI is InChI=1S/C25H17N2O2.C14H16NSi.Ir/c1-13-11-19(26-12-14(13)2)16-8-6-9-18-22-25(29-24(16)18)21-17-7-4-5-10-20(17)28-23(21)15(3)27-22;1-16(2,3)13-9-10-14(15-11-13)12-7-5-4-6-8-12;/h4-7,9-12H,1-3H3;4-7,9-11H,1-3H3;/q2*-1;/i1D3,2D3,3D3;;. The van der Waals surface area contributed by atoms with Crippen LogP contribution in [-0.4, -0.2) is 23.0 Å². The molecule has 0 saturated heterocycles. The van der Waals surface area contributed by atoms with E-state index in [4.69, 9.17) is 21.2 Å². The van der Waals surface area contributed by atoms with E-state index in [1.807, 2.05) is 30.5 Å². The van der Waals surface area contributed by atoms with Crippen molar-refractivity contribution in [2.75, 3.05) is 0 Å². The van der Waals surface area contributed by atoms with E-state index in [1.165, 1.54) is 11.3 Å². The average Bonchev–Trinajstić information content (AvgIpc) is 3.69. The Morgan fingerprint density at radius 2 is 1.54 bits per heavy atom. The third-order valence-corrected chi connectivity index (χ3v) is 9.69. The number of aromatic nitrogens is 3. The van der Waals surface area contributed by atoms with Crippen molar-refractivity contribution in [3.63, 3.8) is 0 Å². The van der Waals surface area contributed by atoms with Crippen molar-refractivity contribution in [1.29, 1.82) is 0 Å². The Labute approximate surface area is 295 Å². The number of hydrogen-bond donors (Lipinski definition) is 0. The van der Waals surface area contributed by atoms with Crippen molar-refractivity contribution in [3.05, 3.63) is 120 Å². The van der Waals surface area contributed by atoms with Crippen LogP contribution in [-0.2, 0) is 20.1 Å². The van der Waals surface area contributed by atoms with Crippen LogP contribution in [0.2, 0.25) is 19.6 Å². The molecule has 0 aliphatic rings. The Morgan fingerprint density at radius 3 is 2.28 bits per heavy atom. The third-order valence-electron chi connectivity index (χ3n) is 7.66. The monoisotopic (exact) mass is 805 g/mol. The Bertz CT molecular complexity index is 2660. The molecule has 3 aromatic carbocycles. The summed E-state index contributed by atoms with van der Waals surface area (Å²) in [6.07, 6.45) is 3.05. The van der Waals surface area contributed by atoms with Crippen LogP contribution in [0.15, 0.2) is 100 Å². The van der Waals surface area contributed by atoms with E-state index in [0.29, 0.717) is 27.3 Å². The molecule has 0 fully saturated rings. The van der Waals surface area contributed by atoms with Gasteiger partial charge in [-0.25, -0.2) is 4.98 Å². The molecule has 0 saturated carbocycles. The van der Waals surface area contributed by atoms with Gasteiger partial charge < -0.3 is 18.8 Å². The van der Waals surface area contributed by atoms with Gasteiger partial charge in [-0.15, -0.1) is 54.1 Å². The van der Waals surface area contributed by atoms with Crippen LogP contribution >= 0.6 is 0 Å². The number of aryl methyl sites for hydroxylation is 3. The molecule has 0 unspecified atom stereocenters. The zero-order valence-corrected chi connectivity index (χ0v) is 28.5. The summed E-state index contributed by atoms with van der Waals surface area (Å²) >= 11 is 0. The molecule has 8 aromatic rings. The van der Waals surface area contributed by atoms with E-state index in [1.54, 1.807) is 36.4 Å². The summed E-state index contributed by atoms with van der Waals surface area (Å²) in [7, 11) is -1.23. The van der Waals surface area contributed by atoms with Crippen molar-refractivity contribution in [1.82, 2.24) is 15.0 Å². The van der Waals surface area contributed by atoms with Gasteiger partial charge in [0.05, 0.1) is 30.3 Å². The maximum absolute atomic E-state index is 8.06. The maximum atomic E-state index is 8.06. The van der Waals surface area contributed by atoms with Gasteiger partial charge in [-0.1, -0.05) is 67.2 Å². The number of hydrogen-bond acceptors (Lipinski definition) is 5. The summed E-state index contributed by atoms with van der Waals surface area (Å²) in [4.78, 5) is 13.2. The zero-order valence-electron chi connectivity index (χ0n) is 34.2. The van der Waals surface area contributed by atoms with E-state index >= 15 is 0 Å². The summed E-state index contributed by atoms with van der Waals surface area (Å²) in [6.45, 7) is -0.959. The minimum Gasteiger partial charge on any atom is -0.498 e. The fraction of sp³-hybridized carbons (Fsp3) is 0.154. The fourth-order valence-electron chi connectivity index (χ4n) is 5.26. The molecule has 0 amide bonds. The second-order valence-corrected chi connectivity index (χ2v) is 16.8. The molecule has 8 rings (SSSR count). The smallest absolute Gasteiger partial charge is 0.160 e. The van der Waals surface area contributed by atoms with Gasteiger partial charge in [0.1, 0.15) is 5.58 Å². The molecule has 0 spiro atoms. The van der Waals surface area contributed by atoms with Gasteiger partial charge >= 0.3 is 0 Å². The summed E-state index contributed by atoms with van der Waals surface area (Å²) in [6, 6.07) is 30.0. The average molecular weight is 805 g/mol. The number of fused-ring (bicyclic) bond motifs is 7. The molecule has 0 aliphatic carbocycles. The molecule has 46 heavy (non-hydrogen) atoms. The van der Waals surface area contributed by atoms with Crippen LogP contribution in [0.3, 0.4) is 0 Å². The number of furan rings is 2. The largest absolute Gasteiger partial charge is 0.498 e. The first-order chi connectivity index (χ1) is 25.3. The number of nitrogens with zero attached hydrogens (tertiary/aromatic N) is 3. The molecule has 0 aliphatic heterocycles. The number of pyridine rings is 3. The van der Waals surface area contributed by atoms with Gasteiger partial charge in [-0.05, 0) is 54.1 Å². The topological polar surface area (TPSA) is 65.0 Å². The van der Waals surface area contributed by atoms with Crippen LogP contribution in [0, 0.1) is 32.7 Å². The number of rotatable bonds is 3. The van der Waals surface area contributed by atoms with E-state index < -0.39 is 28.6 Å². The van der Waals surface area contributed by atoms with Gasteiger partial charge in [0, 0.05) is 50.2 Å². The Morgan fingerprint density at radius 1 is 0.717 bits per heavy atom. The molecular weight excluding hydrogens is 763 g/mol. The van der Waals surface area contributed by atoms with Gasteiger partial charge in [0.2, 0.25) is 0 Å². The molecular formula is C39H33IrN3O2Si-2. The summed E-state index contributed by atoms with van der Waals surface area (Å²) < 4.78 is 83.2. The van der Waals surface area contributed by atoms with Crippen LogP contribution in [0.25, 0.3) is 66.5 Å². The van der Waals surface area contributed by atoms with Crippen LogP contribution in [0.1, 0.15) is 29.2 Å². The molecule has 0 bridgehead atoms. The number of para-hydroxylation sites is 1. The first-order valence-electron chi connectivity index (χ1n) is 18.9. The summed E-state index contributed by atoms with van der Waals surface area (Å²) in [5.41, 5.74) is 2.94. The summed E-state index contributed by atoms with van der Waals surface area (Å²) in [5, 5.41) is 2.96. The van der Waals surface area contributed by atoms with Crippen molar-refractivity contribution < 1.29 is 41.3 Å². The van der Waals surface area contributed by atoms with Gasteiger partial charge in [0.15, 0.2) is 11.2 Å². The van der Waals surface area contributed by atoms with Gasteiger partial charge in [0.25, 0.3) is 0 Å². The quantitative estimate of drug-likeness (QED) is 0.132. The van der Waals surface area contributed by atoms with Gasteiger partial charge in [-0.2, -0.15) is 0 Å². The molecule has 0 N–H and O–H groups in total. The molecule has 231 valence electrons. The van der Waals surface area contributed by atoms with Crippen LogP contribution in [0.5, 0.6) is 0 Å². The Kier molecular flexibility index (Phi) is 5.98. The predicted molar refractivity (Wildman–Crippen MR) is 187 cm³/mol. The molecule has 0 atom stereocenters. The minimum atomic E-state index is -2.71. The fourth-order valence-corrected chi connectivity index (χ4v) is 6.30. The first-order valence-corrected chi connectivity index (χ1v) is 17.9. The molecule has 5 nitrogen and oxygen atoms in total. The SMILES string of the molecule is C[Si](C)(C)c1ccc(-c2[c-]cccc2)nc1.[2H]C([2H])([2H])c1cnc(-c2[c-]ccc3c2oc2c3nc(C([2H])([2H])[2H])c3oc4ccccc4c32)cc1C([2H])([2H])[2H].[Ir]. The number of benzene rings is 3. The van der Waals surface area contributed by atoms with E-state index in [-0.39, 0.29) is 64.9 Å². The Balaban J connectivity index is 0.000000254. The predicted octanol–water partition coefficient (Wildman–Crippen LogP) is 9.76. The molecule has 7 heteroatoms. The van der Waals surface area contributed by atoms with Crippen molar-refractivity contribution in [2.45, 2.75) is 40.2 Å². The third kappa shape index (κ3) is 5.71.